The van der Waals surface area contributed by atoms with Gasteiger partial charge in [0.2, 0.25) is 5.12 Å². The summed E-state index contributed by atoms with van der Waals surface area (Å²) in [6, 6.07) is 6.50. The fourth-order valence-corrected chi connectivity index (χ4v) is 7.02. The van der Waals surface area contributed by atoms with E-state index in [9.17, 15) is 4.79 Å². The molecule has 3 rings (SSSR count). The second kappa shape index (κ2) is 5.62. The zero-order valence-corrected chi connectivity index (χ0v) is 15.9. The summed E-state index contributed by atoms with van der Waals surface area (Å²) in [7, 11) is 3.51. The van der Waals surface area contributed by atoms with Crippen molar-refractivity contribution in [3.05, 3.63) is 28.6 Å². The smallest absolute Gasteiger partial charge is 0.309 e. The Kier molecular flexibility index (Phi) is 4.08. The molecule has 0 bridgehead atoms. The average Bonchev–Trinajstić information content (AvgIpc) is 2.84. The van der Waals surface area contributed by atoms with Crippen molar-refractivity contribution >= 4 is 43.2 Å². The van der Waals surface area contributed by atoms with E-state index >= 15 is 0 Å². The number of nitrogens with one attached hydrogen (secondary N) is 1. The van der Waals surface area contributed by atoms with E-state index in [4.69, 9.17) is 0 Å². The molecule has 0 fully saturated rings. The van der Waals surface area contributed by atoms with Gasteiger partial charge in [0.25, 0.3) is 4.21 Å². The minimum absolute atomic E-state index is 0.0551. The van der Waals surface area contributed by atoms with Crippen molar-refractivity contribution < 1.29 is 4.79 Å². The number of carbonyl (C=O) groups is 1. The molecule has 22 heavy (non-hydrogen) atoms. The molecule has 1 aromatic heterocycles. The van der Waals surface area contributed by atoms with Gasteiger partial charge < -0.3 is 5.32 Å². The second-order valence-electron chi connectivity index (χ2n) is 6.53. The Morgan fingerprint density at radius 2 is 2.09 bits per heavy atom. The first kappa shape index (κ1) is 16.0. The fourth-order valence-electron chi connectivity index (χ4n) is 2.55. The van der Waals surface area contributed by atoms with Crippen molar-refractivity contribution in [1.82, 2.24) is 0 Å². The Bertz CT molecular complexity index is 746. The Morgan fingerprint density at radius 1 is 1.36 bits per heavy atom. The number of carbonyl (C=O) groups excluding carboxylic acids is 1. The van der Waals surface area contributed by atoms with Crippen LogP contribution < -0.4 is 5.32 Å². The number of benzene rings is 1. The third-order valence-electron chi connectivity index (χ3n) is 3.76. The highest BCUT2D eigenvalue weighted by Gasteiger charge is 2.40. The van der Waals surface area contributed by atoms with Crippen molar-refractivity contribution in [1.29, 1.82) is 0 Å². The largest absolute Gasteiger partial charge is 0.375 e. The van der Waals surface area contributed by atoms with Crippen molar-refractivity contribution in [3.8, 4) is 11.1 Å². The van der Waals surface area contributed by atoms with Crippen LogP contribution in [0.3, 0.4) is 0 Å². The van der Waals surface area contributed by atoms with Crippen LogP contribution in [0, 0.1) is 12.8 Å². The molecule has 116 valence electrons. The highest BCUT2D eigenvalue weighted by Crippen LogP contribution is 2.53. The highest BCUT2D eigenvalue weighted by atomic mass is 32.9. The third kappa shape index (κ3) is 2.70. The van der Waals surface area contributed by atoms with Gasteiger partial charge in [0.1, 0.15) is 4.88 Å². The Labute approximate surface area is 143 Å². The first-order valence-electron chi connectivity index (χ1n) is 7.37. The number of aryl methyl sites for hydroxylation is 1. The number of hydrogen-bond donors (Lipinski definition) is 1. The second-order valence-corrected chi connectivity index (χ2v) is 9.96. The molecule has 2 aromatic rings. The molecule has 0 atom stereocenters. The zero-order valence-electron chi connectivity index (χ0n) is 13.4. The van der Waals surface area contributed by atoms with Gasteiger partial charge in [-0.05, 0) is 32.9 Å². The van der Waals surface area contributed by atoms with Crippen LogP contribution in [0.25, 0.3) is 11.1 Å². The zero-order chi connectivity index (χ0) is 16.1. The predicted molar refractivity (Wildman–Crippen MR) is 99.1 cm³/mol. The van der Waals surface area contributed by atoms with Gasteiger partial charge in [-0.1, -0.05) is 25.5 Å². The van der Waals surface area contributed by atoms with Crippen LogP contribution >= 0.6 is 32.4 Å². The van der Waals surface area contributed by atoms with Gasteiger partial charge in [-0.15, -0.1) is 0 Å². The lowest BCUT2D eigenvalue weighted by Gasteiger charge is -2.32. The number of fused-ring (bicyclic) bond motifs is 3. The lowest BCUT2D eigenvalue weighted by molar-refractivity contribution is -0.113. The van der Waals surface area contributed by atoms with E-state index in [-0.39, 0.29) is 16.6 Å². The first-order chi connectivity index (χ1) is 10.3. The summed E-state index contributed by atoms with van der Waals surface area (Å²) in [6.45, 7) is 10.4. The SMILES string of the molecule is Cc1ccc2c(c1)-c1c(s[s+]c1SC(=O)C(C)C)C(C)(C)N2. The molecule has 0 unspecified atom stereocenters. The van der Waals surface area contributed by atoms with Crippen LogP contribution in [-0.4, -0.2) is 5.12 Å². The summed E-state index contributed by atoms with van der Waals surface area (Å²) in [5, 5.41) is 3.87. The molecule has 2 nitrogen and oxygen atoms in total. The first-order valence-corrected chi connectivity index (χ1v) is 10.3. The summed E-state index contributed by atoms with van der Waals surface area (Å²) in [5.74, 6) is 0.0551. The van der Waals surface area contributed by atoms with E-state index in [1.807, 2.05) is 13.8 Å². The maximum absolute atomic E-state index is 12.2. The number of rotatable bonds is 2. The molecule has 0 saturated carbocycles. The lowest BCUT2D eigenvalue weighted by atomic mass is 9.89. The molecule has 1 aromatic carbocycles. The van der Waals surface area contributed by atoms with E-state index in [0.29, 0.717) is 0 Å². The lowest BCUT2D eigenvalue weighted by Crippen LogP contribution is -2.30. The number of hydrogen-bond acceptors (Lipinski definition) is 4. The molecule has 1 aliphatic heterocycles. The van der Waals surface area contributed by atoms with Crippen molar-refractivity contribution in [2.45, 2.75) is 44.4 Å². The van der Waals surface area contributed by atoms with Gasteiger partial charge in [0, 0.05) is 28.9 Å². The monoisotopic (exact) mass is 350 g/mol. The van der Waals surface area contributed by atoms with Gasteiger partial charge in [0.15, 0.2) is 10.3 Å². The Morgan fingerprint density at radius 3 is 2.77 bits per heavy atom. The maximum Gasteiger partial charge on any atom is 0.309 e. The quantitative estimate of drug-likeness (QED) is 0.409. The molecular weight excluding hydrogens is 330 g/mol. The van der Waals surface area contributed by atoms with E-state index in [1.165, 1.54) is 33.3 Å². The van der Waals surface area contributed by atoms with E-state index in [2.05, 4.69) is 44.3 Å². The van der Waals surface area contributed by atoms with Crippen LogP contribution in [0.5, 0.6) is 0 Å². The Balaban J connectivity index is 2.16. The molecule has 2 heterocycles. The molecule has 1 N–H and O–H groups in total. The highest BCUT2D eigenvalue weighted by molar-refractivity contribution is 8.16. The van der Waals surface area contributed by atoms with Crippen LogP contribution in [0.15, 0.2) is 22.4 Å². The van der Waals surface area contributed by atoms with Gasteiger partial charge in [-0.2, -0.15) is 0 Å². The topological polar surface area (TPSA) is 29.1 Å². The molecule has 1 aliphatic rings. The van der Waals surface area contributed by atoms with Gasteiger partial charge in [0.05, 0.1) is 11.1 Å². The molecule has 0 saturated heterocycles. The van der Waals surface area contributed by atoms with Gasteiger partial charge in [-0.3, -0.25) is 4.79 Å². The fraction of sp³-hybridized carbons (Fsp3) is 0.412. The van der Waals surface area contributed by atoms with Crippen molar-refractivity contribution in [3.63, 3.8) is 0 Å². The van der Waals surface area contributed by atoms with E-state index < -0.39 is 0 Å². The minimum atomic E-state index is -0.0988. The Hall–Kier alpha value is -0.910. The summed E-state index contributed by atoms with van der Waals surface area (Å²) >= 11 is 1.41. The predicted octanol–water partition coefficient (Wildman–Crippen LogP) is 6.00. The van der Waals surface area contributed by atoms with Crippen molar-refractivity contribution in [2.75, 3.05) is 5.32 Å². The van der Waals surface area contributed by atoms with Crippen LogP contribution in [0.4, 0.5) is 5.69 Å². The average molecular weight is 351 g/mol. The standard InChI is InChI=1S/C17H20NOS3/c1-9(2)15(19)20-16-13-11-8-10(3)6-7-12(11)18-17(4,5)14(13)21-22-16/h6-9,18H,1-5H3/q+1. The normalized spacial score (nSPS) is 15.2. The molecule has 5 heteroatoms. The number of anilines is 1. The summed E-state index contributed by atoms with van der Waals surface area (Å²) in [4.78, 5) is 13.5. The molecule has 0 spiro atoms. The number of thioether (sulfide) groups is 1. The van der Waals surface area contributed by atoms with Gasteiger partial charge in [-0.25, -0.2) is 0 Å². The summed E-state index contributed by atoms with van der Waals surface area (Å²) < 4.78 is 1.14. The van der Waals surface area contributed by atoms with Crippen LogP contribution in [0.2, 0.25) is 0 Å². The molecule has 0 aliphatic carbocycles. The van der Waals surface area contributed by atoms with Crippen LogP contribution in [-0.2, 0) is 10.3 Å². The minimum Gasteiger partial charge on any atom is -0.375 e. The molecule has 0 amide bonds. The summed E-state index contributed by atoms with van der Waals surface area (Å²) in [5.41, 5.74) is 4.79. The van der Waals surface area contributed by atoms with E-state index in [0.717, 1.165) is 9.90 Å². The maximum atomic E-state index is 12.2. The summed E-state index contributed by atoms with van der Waals surface area (Å²) in [6.07, 6.45) is 0. The van der Waals surface area contributed by atoms with E-state index in [1.54, 1.807) is 20.7 Å². The van der Waals surface area contributed by atoms with Gasteiger partial charge >= 0.3 is 10.3 Å². The molecular formula is C17H20NOS3+. The van der Waals surface area contributed by atoms with Crippen LogP contribution in [0.1, 0.15) is 38.1 Å². The third-order valence-corrected chi connectivity index (χ3v) is 8.20. The van der Waals surface area contributed by atoms with Crippen molar-refractivity contribution in [2.24, 2.45) is 5.92 Å². The molecule has 0 radical (unpaired) electrons.